The Labute approximate surface area is 165 Å². The fraction of sp³-hybridized carbons (Fsp3) is 0.381. The molecule has 2 rings (SSSR count). The maximum absolute atomic E-state index is 12.8. The molecule has 0 fully saturated rings. The fourth-order valence-electron chi connectivity index (χ4n) is 2.88. The highest BCUT2D eigenvalue weighted by Gasteiger charge is 2.30. The second-order valence-electron chi connectivity index (χ2n) is 6.98. The molecule has 6 heteroatoms. The third kappa shape index (κ3) is 6.09. The average molecular weight is 442 g/mol. The molecule has 146 valence electrons. The number of carboxylic acid groups (broad SMARTS) is 1. The molecule has 0 amide bonds. The molecule has 1 unspecified atom stereocenters. The molecular weight excluding hydrogens is 421 g/mol. The molecule has 2 nitrogen and oxygen atoms in total. The van der Waals surface area contributed by atoms with Gasteiger partial charge in [0.2, 0.25) is 0 Å². The standard InChI is InChI=1S/C21H22BrF3O2/c1-13(2)3-10-19(22)17-9-4-14(12-20(26)27)11-18(17)15-5-7-16(8-6-15)21(23,24)25/h4-9,11,13,19H,3,10,12H2,1-2H3,(H,26,27)/p-1. The van der Waals surface area contributed by atoms with E-state index < -0.39 is 17.7 Å². The molecular formula is C21H21BrF3O2-. The Morgan fingerprint density at radius 2 is 1.70 bits per heavy atom. The molecule has 0 radical (unpaired) electrons. The fourth-order valence-corrected chi connectivity index (χ4v) is 3.54. The molecule has 27 heavy (non-hydrogen) atoms. The maximum atomic E-state index is 12.8. The molecule has 0 saturated heterocycles. The van der Waals surface area contributed by atoms with Crippen LogP contribution in [-0.4, -0.2) is 5.97 Å². The van der Waals surface area contributed by atoms with Crippen LogP contribution < -0.4 is 5.11 Å². The highest BCUT2D eigenvalue weighted by molar-refractivity contribution is 9.09. The van der Waals surface area contributed by atoms with Crippen molar-refractivity contribution in [3.63, 3.8) is 0 Å². The Hall–Kier alpha value is -1.82. The predicted molar refractivity (Wildman–Crippen MR) is 101 cm³/mol. The lowest BCUT2D eigenvalue weighted by atomic mass is 9.92. The number of carbonyl (C=O) groups excluding carboxylic acids is 1. The molecule has 1 atom stereocenters. The predicted octanol–water partition coefficient (Wildman–Crippen LogP) is 5.54. The van der Waals surface area contributed by atoms with Crippen LogP contribution in [0.2, 0.25) is 0 Å². The summed E-state index contributed by atoms with van der Waals surface area (Å²) in [6, 6.07) is 10.2. The molecule has 0 aromatic heterocycles. The lowest BCUT2D eigenvalue weighted by molar-refractivity contribution is -0.304. The van der Waals surface area contributed by atoms with Crippen molar-refractivity contribution in [2.75, 3.05) is 0 Å². The van der Waals surface area contributed by atoms with Gasteiger partial charge in [-0.15, -0.1) is 0 Å². The zero-order valence-electron chi connectivity index (χ0n) is 15.1. The second kappa shape index (κ2) is 8.91. The van der Waals surface area contributed by atoms with Crippen LogP contribution in [0.4, 0.5) is 13.2 Å². The smallest absolute Gasteiger partial charge is 0.416 e. The Morgan fingerprint density at radius 1 is 1.07 bits per heavy atom. The van der Waals surface area contributed by atoms with Crippen LogP contribution >= 0.6 is 15.9 Å². The highest BCUT2D eigenvalue weighted by Crippen LogP contribution is 2.38. The first-order valence-electron chi connectivity index (χ1n) is 8.72. The van der Waals surface area contributed by atoms with Gasteiger partial charge in [0.15, 0.2) is 0 Å². The quantitative estimate of drug-likeness (QED) is 0.529. The van der Waals surface area contributed by atoms with E-state index in [0.29, 0.717) is 17.0 Å². The van der Waals surface area contributed by atoms with Crippen molar-refractivity contribution in [1.29, 1.82) is 0 Å². The monoisotopic (exact) mass is 441 g/mol. The zero-order valence-corrected chi connectivity index (χ0v) is 16.7. The third-order valence-corrected chi connectivity index (χ3v) is 5.28. The normalized spacial score (nSPS) is 13.0. The van der Waals surface area contributed by atoms with E-state index in [1.54, 1.807) is 12.1 Å². The Morgan fingerprint density at radius 3 is 2.22 bits per heavy atom. The number of rotatable bonds is 7. The molecule has 0 saturated carbocycles. The van der Waals surface area contributed by atoms with Crippen LogP contribution in [0.3, 0.4) is 0 Å². The van der Waals surface area contributed by atoms with Gasteiger partial charge in [-0.25, -0.2) is 0 Å². The van der Waals surface area contributed by atoms with E-state index >= 15 is 0 Å². The Kier molecular flexibility index (Phi) is 7.09. The molecule has 0 spiro atoms. The van der Waals surface area contributed by atoms with E-state index in [-0.39, 0.29) is 11.2 Å². The van der Waals surface area contributed by atoms with Gasteiger partial charge in [-0.05, 0) is 53.1 Å². The molecule has 0 aliphatic rings. The van der Waals surface area contributed by atoms with Gasteiger partial charge in [-0.2, -0.15) is 13.2 Å². The van der Waals surface area contributed by atoms with Crippen LogP contribution in [0.15, 0.2) is 42.5 Å². The van der Waals surface area contributed by atoms with Gasteiger partial charge in [0.1, 0.15) is 0 Å². The minimum absolute atomic E-state index is 0.0224. The molecule has 2 aromatic rings. The van der Waals surface area contributed by atoms with Gasteiger partial charge in [0, 0.05) is 17.2 Å². The van der Waals surface area contributed by atoms with Crippen LogP contribution in [-0.2, 0) is 17.4 Å². The highest BCUT2D eigenvalue weighted by atomic mass is 79.9. The minimum Gasteiger partial charge on any atom is -0.550 e. The zero-order chi connectivity index (χ0) is 20.2. The minimum atomic E-state index is -4.40. The SMILES string of the molecule is CC(C)CCC(Br)c1ccc(CC(=O)[O-])cc1-c1ccc(C(F)(F)F)cc1. The van der Waals surface area contributed by atoms with Crippen molar-refractivity contribution >= 4 is 21.9 Å². The average Bonchev–Trinajstić information content (AvgIpc) is 2.58. The van der Waals surface area contributed by atoms with Crippen LogP contribution in [0.5, 0.6) is 0 Å². The number of benzene rings is 2. The number of hydrogen-bond acceptors (Lipinski definition) is 2. The maximum Gasteiger partial charge on any atom is 0.416 e. The van der Waals surface area contributed by atoms with Gasteiger partial charge >= 0.3 is 6.18 Å². The number of hydrogen-bond donors (Lipinski definition) is 0. The summed E-state index contributed by atoms with van der Waals surface area (Å²) in [5, 5.41) is 10.9. The van der Waals surface area contributed by atoms with E-state index in [0.717, 1.165) is 36.1 Å². The lowest BCUT2D eigenvalue weighted by Gasteiger charge is -2.18. The van der Waals surface area contributed by atoms with Crippen molar-refractivity contribution in [3.8, 4) is 11.1 Å². The number of aliphatic carboxylic acids is 1. The van der Waals surface area contributed by atoms with Crippen LogP contribution in [0.25, 0.3) is 11.1 Å². The summed E-state index contributed by atoms with van der Waals surface area (Å²) in [7, 11) is 0. The number of carbonyl (C=O) groups is 1. The summed E-state index contributed by atoms with van der Waals surface area (Å²) in [6.45, 7) is 4.25. The summed E-state index contributed by atoms with van der Waals surface area (Å²) in [5.41, 5.74) is 2.11. The molecule has 0 heterocycles. The van der Waals surface area contributed by atoms with Gasteiger partial charge in [-0.3, -0.25) is 0 Å². The summed E-state index contributed by atoms with van der Waals surface area (Å²) < 4.78 is 38.5. The van der Waals surface area contributed by atoms with Gasteiger partial charge in [0.25, 0.3) is 0 Å². The number of halogens is 4. The van der Waals surface area contributed by atoms with E-state index in [1.165, 1.54) is 12.1 Å². The number of carboxylic acids is 1. The molecule has 0 N–H and O–H groups in total. The topological polar surface area (TPSA) is 40.1 Å². The number of alkyl halides is 4. The Balaban J connectivity index is 2.44. The van der Waals surface area contributed by atoms with Gasteiger partial charge < -0.3 is 9.90 Å². The third-order valence-electron chi connectivity index (χ3n) is 4.32. The summed E-state index contributed by atoms with van der Waals surface area (Å²) in [6.07, 6.45) is -2.78. The summed E-state index contributed by atoms with van der Waals surface area (Å²) in [5.74, 6) is -0.673. The van der Waals surface area contributed by atoms with E-state index in [4.69, 9.17) is 0 Å². The second-order valence-corrected chi connectivity index (χ2v) is 8.09. The molecule has 0 aliphatic heterocycles. The summed E-state index contributed by atoms with van der Waals surface area (Å²) >= 11 is 3.68. The first kappa shape index (κ1) is 21.5. The van der Waals surface area contributed by atoms with Crippen molar-refractivity contribution in [1.82, 2.24) is 0 Å². The molecule has 0 aliphatic carbocycles. The molecule has 2 aromatic carbocycles. The summed E-state index contributed by atoms with van der Waals surface area (Å²) in [4.78, 5) is 10.9. The first-order chi connectivity index (χ1) is 12.6. The molecule has 0 bridgehead atoms. The van der Waals surface area contributed by atoms with E-state index in [1.807, 2.05) is 6.07 Å². The van der Waals surface area contributed by atoms with E-state index in [9.17, 15) is 23.1 Å². The van der Waals surface area contributed by atoms with Gasteiger partial charge in [-0.1, -0.05) is 60.1 Å². The van der Waals surface area contributed by atoms with Crippen molar-refractivity contribution in [2.45, 2.75) is 44.1 Å². The lowest BCUT2D eigenvalue weighted by Crippen LogP contribution is -2.24. The van der Waals surface area contributed by atoms with Gasteiger partial charge in [0.05, 0.1) is 5.56 Å². The van der Waals surface area contributed by atoms with Crippen molar-refractivity contribution in [3.05, 3.63) is 59.2 Å². The Bertz CT molecular complexity index is 783. The van der Waals surface area contributed by atoms with E-state index in [2.05, 4.69) is 29.8 Å². The van der Waals surface area contributed by atoms with Crippen LogP contribution in [0.1, 0.15) is 48.2 Å². The van der Waals surface area contributed by atoms with Crippen molar-refractivity contribution < 1.29 is 23.1 Å². The largest absolute Gasteiger partial charge is 0.550 e. The first-order valence-corrected chi connectivity index (χ1v) is 9.64. The van der Waals surface area contributed by atoms with Crippen molar-refractivity contribution in [2.24, 2.45) is 5.92 Å². The van der Waals surface area contributed by atoms with Crippen LogP contribution in [0, 0.1) is 5.92 Å².